The Labute approximate surface area is 95.4 Å². The molecule has 0 N–H and O–H groups in total. The highest BCUT2D eigenvalue weighted by Gasteiger charge is 2.28. The van der Waals surface area contributed by atoms with Gasteiger partial charge in [0.25, 0.3) is 0 Å². The molecule has 0 saturated heterocycles. The lowest BCUT2D eigenvalue weighted by atomic mass is 9.92. The molecule has 0 radical (unpaired) electrons. The molecule has 0 bridgehead atoms. The van der Waals surface area contributed by atoms with E-state index in [-0.39, 0.29) is 32.4 Å². The molecule has 74 valence electrons. The standard InChI is InChI=1S/C10H9IO3/c1-5(12)7-3-4-8(11)10(14)9(7)6(2)13/h3-4,8H,1-2H3. The predicted octanol–water partition coefficient (Wildman–Crippen LogP) is 1.40. The van der Waals surface area contributed by atoms with Crippen LogP contribution in [-0.2, 0) is 14.4 Å². The number of allylic oxidation sites excluding steroid dienone is 4. The number of Topliss-reactive ketones (excluding diaryl/α,β-unsaturated/α-hetero) is 3. The fraction of sp³-hybridized carbons (Fsp3) is 0.300. The molecule has 0 saturated carbocycles. The first-order valence-corrected chi connectivity index (χ1v) is 5.32. The Morgan fingerprint density at radius 2 is 1.86 bits per heavy atom. The van der Waals surface area contributed by atoms with Gasteiger partial charge in [0.15, 0.2) is 17.3 Å². The van der Waals surface area contributed by atoms with E-state index < -0.39 is 0 Å². The molecule has 1 atom stereocenters. The van der Waals surface area contributed by atoms with Gasteiger partial charge in [-0.25, -0.2) is 0 Å². The van der Waals surface area contributed by atoms with Crippen molar-refractivity contribution >= 4 is 39.9 Å². The van der Waals surface area contributed by atoms with Crippen molar-refractivity contribution in [3.63, 3.8) is 0 Å². The molecular weight excluding hydrogens is 295 g/mol. The Balaban J connectivity index is 3.32. The summed E-state index contributed by atoms with van der Waals surface area (Å²) in [5, 5.41) is 0. The number of hydrogen-bond acceptors (Lipinski definition) is 3. The number of rotatable bonds is 2. The monoisotopic (exact) mass is 304 g/mol. The third-order valence-electron chi connectivity index (χ3n) is 1.93. The summed E-state index contributed by atoms with van der Waals surface area (Å²) in [6.45, 7) is 2.65. The highest BCUT2D eigenvalue weighted by atomic mass is 127. The Morgan fingerprint density at radius 3 is 2.29 bits per heavy atom. The van der Waals surface area contributed by atoms with Gasteiger partial charge < -0.3 is 0 Å². The van der Waals surface area contributed by atoms with Crippen LogP contribution < -0.4 is 0 Å². The van der Waals surface area contributed by atoms with Gasteiger partial charge in [0.2, 0.25) is 0 Å². The van der Waals surface area contributed by atoms with Crippen molar-refractivity contribution in [3.8, 4) is 0 Å². The predicted molar refractivity (Wildman–Crippen MR) is 60.3 cm³/mol. The van der Waals surface area contributed by atoms with E-state index in [1.807, 2.05) is 22.6 Å². The molecule has 1 aliphatic rings. The highest BCUT2D eigenvalue weighted by molar-refractivity contribution is 14.1. The first-order valence-electron chi connectivity index (χ1n) is 4.07. The first-order chi connectivity index (χ1) is 6.45. The number of alkyl halides is 1. The third-order valence-corrected chi connectivity index (χ3v) is 2.91. The molecule has 0 aliphatic heterocycles. The lowest BCUT2D eigenvalue weighted by Crippen LogP contribution is -2.25. The van der Waals surface area contributed by atoms with E-state index in [1.54, 1.807) is 12.2 Å². The van der Waals surface area contributed by atoms with E-state index in [4.69, 9.17) is 0 Å². The van der Waals surface area contributed by atoms with Gasteiger partial charge in [0.05, 0.1) is 9.50 Å². The Bertz CT molecular complexity index is 377. The zero-order valence-electron chi connectivity index (χ0n) is 7.83. The number of hydrogen-bond donors (Lipinski definition) is 0. The minimum Gasteiger partial charge on any atom is -0.294 e. The smallest absolute Gasteiger partial charge is 0.183 e. The summed E-state index contributed by atoms with van der Waals surface area (Å²) in [6, 6.07) is 0. The summed E-state index contributed by atoms with van der Waals surface area (Å²) in [5.41, 5.74) is 0.273. The van der Waals surface area contributed by atoms with E-state index in [2.05, 4.69) is 0 Å². The average molecular weight is 304 g/mol. The highest BCUT2D eigenvalue weighted by Crippen LogP contribution is 2.22. The normalized spacial score (nSPS) is 21.4. The van der Waals surface area contributed by atoms with Gasteiger partial charge in [-0.15, -0.1) is 0 Å². The number of carbonyl (C=O) groups excluding carboxylic acids is 3. The number of carbonyl (C=O) groups is 3. The van der Waals surface area contributed by atoms with Crippen LogP contribution in [0.25, 0.3) is 0 Å². The summed E-state index contributed by atoms with van der Waals surface area (Å²) >= 11 is 1.93. The van der Waals surface area contributed by atoms with Crippen molar-refractivity contribution in [2.24, 2.45) is 0 Å². The lowest BCUT2D eigenvalue weighted by Gasteiger charge is -2.13. The van der Waals surface area contributed by atoms with E-state index in [9.17, 15) is 14.4 Å². The average Bonchev–Trinajstić information content (AvgIpc) is 2.08. The van der Waals surface area contributed by atoms with Gasteiger partial charge in [-0.3, -0.25) is 14.4 Å². The van der Waals surface area contributed by atoms with Crippen LogP contribution in [0.15, 0.2) is 23.3 Å². The Hall–Kier alpha value is -0.780. The van der Waals surface area contributed by atoms with Crippen LogP contribution in [0, 0.1) is 0 Å². The SMILES string of the molecule is CC(=O)C1=C(C(C)=O)C(=O)C(I)C=C1. The quantitative estimate of drug-likeness (QED) is 0.440. The van der Waals surface area contributed by atoms with Crippen LogP contribution in [0.5, 0.6) is 0 Å². The molecule has 1 aliphatic carbocycles. The first kappa shape index (κ1) is 11.3. The van der Waals surface area contributed by atoms with Gasteiger partial charge in [0.1, 0.15) is 0 Å². The second kappa shape index (κ2) is 4.16. The summed E-state index contributed by atoms with van der Waals surface area (Å²) in [5.74, 6) is -0.861. The summed E-state index contributed by atoms with van der Waals surface area (Å²) in [6.07, 6.45) is 3.18. The van der Waals surface area contributed by atoms with Crippen LogP contribution in [0.3, 0.4) is 0 Å². The molecule has 0 aromatic heterocycles. The third kappa shape index (κ3) is 2.00. The van der Waals surface area contributed by atoms with E-state index in [0.717, 1.165) is 0 Å². The molecule has 0 fully saturated rings. The van der Waals surface area contributed by atoms with E-state index in [1.165, 1.54) is 13.8 Å². The fourth-order valence-corrected chi connectivity index (χ4v) is 1.80. The maximum absolute atomic E-state index is 11.6. The Kier molecular flexibility index (Phi) is 3.36. The van der Waals surface area contributed by atoms with Crippen LogP contribution in [0.2, 0.25) is 0 Å². The molecule has 0 heterocycles. The largest absolute Gasteiger partial charge is 0.294 e. The van der Waals surface area contributed by atoms with Crippen LogP contribution in [0.1, 0.15) is 13.8 Å². The van der Waals surface area contributed by atoms with Crippen LogP contribution in [0.4, 0.5) is 0 Å². The van der Waals surface area contributed by atoms with Crippen molar-refractivity contribution in [1.29, 1.82) is 0 Å². The van der Waals surface area contributed by atoms with Crippen molar-refractivity contribution in [3.05, 3.63) is 23.3 Å². The number of ketones is 3. The summed E-state index contributed by atoms with van der Waals surface area (Å²) in [4.78, 5) is 33.9. The maximum atomic E-state index is 11.6. The second-order valence-electron chi connectivity index (χ2n) is 3.03. The molecule has 0 spiro atoms. The maximum Gasteiger partial charge on any atom is 0.183 e. The lowest BCUT2D eigenvalue weighted by molar-refractivity contribution is -0.121. The molecule has 0 aromatic rings. The zero-order chi connectivity index (χ0) is 10.9. The molecule has 1 unspecified atom stereocenters. The van der Waals surface area contributed by atoms with Gasteiger partial charge in [0, 0.05) is 5.57 Å². The molecule has 4 heteroatoms. The van der Waals surface area contributed by atoms with E-state index in [0.29, 0.717) is 0 Å². The molecule has 14 heavy (non-hydrogen) atoms. The molecule has 1 rings (SSSR count). The van der Waals surface area contributed by atoms with Gasteiger partial charge in [-0.2, -0.15) is 0 Å². The van der Waals surface area contributed by atoms with Crippen LogP contribution in [-0.4, -0.2) is 21.3 Å². The molecule has 0 amide bonds. The van der Waals surface area contributed by atoms with Crippen molar-refractivity contribution in [2.75, 3.05) is 0 Å². The van der Waals surface area contributed by atoms with Crippen molar-refractivity contribution in [1.82, 2.24) is 0 Å². The fourth-order valence-electron chi connectivity index (χ4n) is 1.28. The minimum atomic E-state index is -0.341. The Morgan fingerprint density at radius 1 is 1.29 bits per heavy atom. The van der Waals surface area contributed by atoms with Gasteiger partial charge >= 0.3 is 0 Å². The van der Waals surface area contributed by atoms with E-state index >= 15 is 0 Å². The summed E-state index contributed by atoms with van der Waals surface area (Å²) < 4.78 is -0.338. The van der Waals surface area contributed by atoms with Crippen LogP contribution >= 0.6 is 22.6 Å². The molecule has 3 nitrogen and oxygen atoms in total. The van der Waals surface area contributed by atoms with Crippen molar-refractivity contribution in [2.45, 2.75) is 17.8 Å². The van der Waals surface area contributed by atoms with Gasteiger partial charge in [-0.1, -0.05) is 34.7 Å². The zero-order valence-corrected chi connectivity index (χ0v) is 9.99. The topological polar surface area (TPSA) is 51.2 Å². The summed E-state index contributed by atoms with van der Waals surface area (Å²) in [7, 11) is 0. The molecule has 0 aromatic carbocycles. The number of halogens is 1. The molecular formula is C10H9IO3. The van der Waals surface area contributed by atoms with Crippen molar-refractivity contribution < 1.29 is 14.4 Å². The minimum absolute atomic E-state index is 0.0411. The second-order valence-corrected chi connectivity index (χ2v) is 4.37. The van der Waals surface area contributed by atoms with Gasteiger partial charge in [-0.05, 0) is 13.8 Å².